The lowest BCUT2D eigenvalue weighted by molar-refractivity contribution is 0.0380. The Labute approximate surface area is 90.9 Å². The van der Waals surface area contributed by atoms with Gasteiger partial charge in [-0.05, 0) is 6.92 Å². The van der Waals surface area contributed by atoms with Crippen LogP contribution in [0.2, 0.25) is 0 Å². The molecule has 1 rings (SSSR count). The normalized spacial score (nSPS) is 18.7. The molecule has 0 aromatic carbocycles. The van der Waals surface area contributed by atoms with Gasteiger partial charge >= 0.3 is 6.03 Å². The van der Waals surface area contributed by atoms with Crippen molar-refractivity contribution >= 4 is 6.03 Å². The number of likely N-dealkylation sites (N-methyl/N-ethyl adjacent to an activating group) is 1. The number of carbonyl (C=O) groups excluding carboxylic acids is 1. The van der Waals surface area contributed by atoms with Crippen LogP contribution in [-0.4, -0.2) is 68.9 Å². The summed E-state index contributed by atoms with van der Waals surface area (Å²) in [6.45, 7) is 5.18. The van der Waals surface area contributed by atoms with Crippen molar-refractivity contribution < 1.29 is 14.3 Å². The van der Waals surface area contributed by atoms with Crippen LogP contribution in [0.1, 0.15) is 6.92 Å². The zero-order valence-corrected chi connectivity index (χ0v) is 9.73. The Kier molecular flexibility index (Phi) is 4.84. The van der Waals surface area contributed by atoms with Crippen LogP contribution in [-0.2, 0) is 9.47 Å². The largest absolute Gasteiger partial charge is 0.383 e. The maximum absolute atomic E-state index is 12.0. The standard InChI is InChI=1S/C10H20N2O3/c1-9(8-14-3)11(2)10(13)12-4-6-15-7-5-12/h9H,4-8H2,1-3H3. The predicted molar refractivity (Wildman–Crippen MR) is 56.9 cm³/mol. The molecule has 0 N–H and O–H groups in total. The van der Waals surface area contributed by atoms with Gasteiger partial charge in [0.25, 0.3) is 0 Å². The van der Waals surface area contributed by atoms with Crippen molar-refractivity contribution in [3.05, 3.63) is 0 Å². The van der Waals surface area contributed by atoms with Gasteiger partial charge in [0.1, 0.15) is 0 Å². The molecule has 0 radical (unpaired) electrons. The Morgan fingerprint density at radius 3 is 2.67 bits per heavy atom. The second kappa shape index (κ2) is 5.92. The Balaban J connectivity index is 2.43. The summed E-state index contributed by atoms with van der Waals surface area (Å²) in [5.41, 5.74) is 0. The first-order valence-corrected chi connectivity index (χ1v) is 5.25. The molecule has 0 bridgehead atoms. The molecule has 1 unspecified atom stereocenters. The fourth-order valence-electron chi connectivity index (χ4n) is 1.52. The van der Waals surface area contributed by atoms with Crippen molar-refractivity contribution in [2.45, 2.75) is 13.0 Å². The van der Waals surface area contributed by atoms with Crippen LogP contribution in [0.5, 0.6) is 0 Å². The minimum atomic E-state index is 0.0582. The highest BCUT2D eigenvalue weighted by Gasteiger charge is 2.23. The van der Waals surface area contributed by atoms with Gasteiger partial charge in [-0.1, -0.05) is 0 Å². The number of hydrogen-bond acceptors (Lipinski definition) is 3. The van der Waals surface area contributed by atoms with Gasteiger partial charge in [-0.2, -0.15) is 0 Å². The monoisotopic (exact) mass is 216 g/mol. The topological polar surface area (TPSA) is 42.0 Å². The average Bonchev–Trinajstić information content (AvgIpc) is 2.28. The first kappa shape index (κ1) is 12.3. The van der Waals surface area contributed by atoms with E-state index in [2.05, 4.69) is 0 Å². The van der Waals surface area contributed by atoms with E-state index in [1.165, 1.54) is 0 Å². The maximum atomic E-state index is 12.0. The Hall–Kier alpha value is -0.810. The summed E-state index contributed by atoms with van der Waals surface area (Å²) in [7, 11) is 3.45. The summed E-state index contributed by atoms with van der Waals surface area (Å²) >= 11 is 0. The first-order valence-electron chi connectivity index (χ1n) is 5.25. The molecule has 0 aromatic heterocycles. The van der Waals surface area contributed by atoms with Gasteiger partial charge in [-0.25, -0.2) is 4.79 Å². The highest BCUT2D eigenvalue weighted by atomic mass is 16.5. The number of morpholine rings is 1. The van der Waals surface area contributed by atoms with E-state index in [-0.39, 0.29) is 12.1 Å². The summed E-state index contributed by atoms with van der Waals surface area (Å²) in [5, 5.41) is 0. The molecule has 0 spiro atoms. The zero-order chi connectivity index (χ0) is 11.3. The Morgan fingerprint density at radius 1 is 1.53 bits per heavy atom. The van der Waals surface area contributed by atoms with E-state index in [0.717, 1.165) is 0 Å². The smallest absolute Gasteiger partial charge is 0.320 e. The summed E-state index contributed by atoms with van der Waals surface area (Å²) < 4.78 is 10.2. The van der Waals surface area contributed by atoms with Gasteiger partial charge < -0.3 is 19.3 Å². The average molecular weight is 216 g/mol. The number of methoxy groups -OCH3 is 1. The number of amides is 2. The molecule has 2 amide bonds. The number of nitrogens with zero attached hydrogens (tertiary/aromatic N) is 2. The molecule has 1 heterocycles. The third-order valence-electron chi connectivity index (χ3n) is 2.65. The fourth-order valence-corrected chi connectivity index (χ4v) is 1.52. The molecule has 15 heavy (non-hydrogen) atoms. The lowest BCUT2D eigenvalue weighted by Crippen LogP contribution is -2.50. The van der Waals surface area contributed by atoms with Crippen LogP contribution in [0, 0.1) is 0 Å². The number of urea groups is 1. The summed E-state index contributed by atoms with van der Waals surface area (Å²) in [6.07, 6.45) is 0. The molecule has 88 valence electrons. The minimum absolute atomic E-state index is 0.0582. The molecule has 1 aliphatic rings. The molecule has 0 aliphatic carbocycles. The highest BCUT2D eigenvalue weighted by Crippen LogP contribution is 2.05. The molecule has 1 atom stereocenters. The lowest BCUT2D eigenvalue weighted by atomic mass is 10.3. The van der Waals surface area contributed by atoms with E-state index in [4.69, 9.17) is 9.47 Å². The maximum Gasteiger partial charge on any atom is 0.320 e. The summed E-state index contributed by atoms with van der Waals surface area (Å²) in [5.74, 6) is 0. The van der Waals surface area contributed by atoms with E-state index in [9.17, 15) is 4.79 Å². The van der Waals surface area contributed by atoms with Crippen molar-refractivity contribution in [2.75, 3.05) is 47.1 Å². The number of carbonyl (C=O) groups is 1. The van der Waals surface area contributed by atoms with Gasteiger partial charge in [0.2, 0.25) is 0 Å². The molecule has 5 heteroatoms. The second-order valence-corrected chi connectivity index (χ2v) is 3.80. The lowest BCUT2D eigenvalue weighted by Gasteiger charge is -2.33. The van der Waals surface area contributed by atoms with Gasteiger partial charge in [0.15, 0.2) is 0 Å². The minimum Gasteiger partial charge on any atom is -0.383 e. The van der Waals surface area contributed by atoms with Crippen molar-refractivity contribution in [3.8, 4) is 0 Å². The van der Waals surface area contributed by atoms with E-state index in [1.54, 1.807) is 12.0 Å². The number of ether oxygens (including phenoxy) is 2. The third kappa shape index (κ3) is 3.35. The van der Waals surface area contributed by atoms with Crippen LogP contribution >= 0.6 is 0 Å². The molecular formula is C10H20N2O3. The van der Waals surface area contributed by atoms with Crippen LogP contribution in [0.25, 0.3) is 0 Å². The van der Waals surface area contributed by atoms with Gasteiger partial charge in [-0.3, -0.25) is 0 Å². The third-order valence-corrected chi connectivity index (χ3v) is 2.65. The van der Waals surface area contributed by atoms with Crippen molar-refractivity contribution in [1.29, 1.82) is 0 Å². The van der Waals surface area contributed by atoms with E-state index >= 15 is 0 Å². The molecule has 1 aliphatic heterocycles. The van der Waals surface area contributed by atoms with E-state index in [0.29, 0.717) is 32.9 Å². The summed E-state index contributed by atoms with van der Waals surface area (Å²) in [6, 6.07) is 0.160. The van der Waals surface area contributed by atoms with Crippen molar-refractivity contribution in [1.82, 2.24) is 9.80 Å². The molecule has 1 fully saturated rings. The van der Waals surface area contributed by atoms with Crippen LogP contribution < -0.4 is 0 Å². The molecular weight excluding hydrogens is 196 g/mol. The number of rotatable bonds is 3. The Morgan fingerprint density at radius 2 is 2.13 bits per heavy atom. The molecule has 0 saturated carbocycles. The SMILES string of the molecule is COCC(C)N(C)C(=O)N1CCOCC1. The molecule has 1 saturated heterocycles. The first-order chi connectivity index (χ1) is 7.16. The zero-order valence-electron chi connectivity index (χ0n) is 9.73. The molecule has 0 aromatic rings. The molecule has 5 nitrogen and oxygen atoms in total. The highest BCUT2D eigenvalue weighted by molar-refractivity contribution is 5.74. The van der Waals surface area contributed by atoms with Crippen molar-refractivity contribution in [2.24, 2.45) is 0 Å². The van der Waals surface area contributed by atoms with Gasteiger partial charge in [0, 0.05) is 27.2 Å². The van der Waals surface area contributed by atoms with Crippen LogP contribution in [0.15, 0.2) is 0 Å². The van der Waals surface area contributed by atoms with Gasteiger partial charge in [-0.15, -0.1) is 0 Å². The summed E-state index contributed by atoms with van der Waals surface area (Å²) in [4.78, 5) is 15.5. The van der Waals surface area contributed by atoms with E-state index < -0.39 is 0 Å². The number of hydrogen-bond donors (Lipinski definition) is 0. The second-order valence-electron chi connectivity index (χ2n) is 3.80. The fraction of sp³-hybridized carbons (Fsp3) is 0.900. The predicted octanol–water partition coefficient (Wildman–Crippen LogP) is 0.405. The van der Waals surface area contributed by atoms with Crippen LogP contribution in [0.4, 0.5) is 4.79 Å². The van der Waals surface area contributed by atoms with Gasteiger partial charge in [0.05, 0.1) is 25.9 Å². The quantitative estimate of drug-likeness (QED) is 0.686. The van der Waals surface area contributed by atoms with E-state index in [1.807, 2.05) is 18.9 Å². The van der Waals surface area contributed by atoms with Crippen molar-refractivity contribution in [3.63, 3.8) is 0 Å². The van der Waals surface area contributed by atoms with Crippen LogP contribution in [0.3, 0.4) is 0 Å². The Bertz CT molecular complexity index is 205.